The molecule has 0 unspecified atom stereocenters. The van der Waals surface area contributed by atoms with Gasteiger partial charge in [0.05, 0.1) is 12.1 Å². The summed E-state index contributed by atoms with van der Waals surface area (Å²) in [6, 6.07) is 10.3. The third kappa shape index (κ3) is 3.56. The molecule has 3 aliphatic rings. The summed E-state index contributed by atoms with van der Waals surface area (Å²) in [5, 5.41) is 0. The number of rotatable bonds is 2. The number of amides is 3. The van der Waals surface area contributed by atoms with Crippen molar-refractivity contribution in [2.75, 3.05) is 39.3 Å². The molecule has 0 atom stereocenters. The Kier molecular flexibility index (Phi) is 4.85. The zero-order valence-electron chi connectivity index (χ0n) is 15.2. The van der Waals surface area contributed by atoms with Crippen LogP contribution in [0.5, 0.6) is 0 Å². The molecular formula is C20H27N3O3. The Morgan fingerprint density at radius 2 is 1.65 bits per heavy atom. The zero-order chi connectivity index (χ0) is 18.0. The van der Waals surface area contributed by atoms with E-state index in [1.165, 1.54) is 0 Å². The standard InChI is InChI=1S/C20H27N3O3/c24-18-15-26-20(16-23(18)14-17-6-2-1-3-7-17)8-12-22(13-9-20)19(25)21-10-4-5-11-21/h1-3,6-7H,4-5,8-16H2. The van der Waals surface area contributed by atoms with Crippen LogP contribution in [0.25, 0.3) is 0 Å². The number of benzene rings is 1. The van der Waals surface area contributed by atoms with E-state index in [9.17, 15) is 9.59 Å². The van der Waals surface area contributed by atoms with E-state index in [1.54, 1.807) is 0 Å². The number of likely N-dealkylation sites (tertiary alicyclic amines) is 2. The maximum atomic E-state index is 12.6. The second-order valence-corrected chi connectivity index (χ2v) is 7.67. The summed E-state index contributed by atoms with van der Waals surface area (Å²) in [5.41, 5.74) is 0.837. The lowest BCUT2D eigenvalue weighted by Crippen LogP contribution is -2.59. The minimum absolute atomic E-state index is 0.0510. The number of hydrogen-bond acceptors (Lipinski definition) is 3. The molecule has 6 nitrogen and oxygen atoms in total. The van der Waals surface area contributed by atoms with Gasteiger partial charge in [0.2, 0.25) is 5.91 Å². The summed E-state index contributed by atoms with van der Waals surface area (Å²) in [6.45, 7) is 4.58. The van der Waals surface area contributed by atoms with Gasteiger partial charge in [-0.3, -0.25) is 4.79 Å². The molecule has 0 aliphatic carbocycles. The molecule has 1 aromatic rings. The largest absolute Gasteiger partial charge is 0.363 e. The Morgan fingerprint density at radius 3 is 2.35 bits per heavy atom. The van der Waals surface area contributed by atoms with Crippen molar-refractivity contribution in [1.82, 2.24) is 14.7 Å². The first-order valence-electron chi connectivity index (χ1n) is 9.65. The Hall–Kier alpha value is -2.08. The van der Waals surface area contributed by atoms with Gasteiger partial charge in [0.1, 0.15) is 6.61 Å². The van der Waals surface area contributed by atoms with Gasteiger partial charge in [-0.05, 0) is 31.2 Å². The van der Waals surface area contributed by atoms with Crippen LogP contribution in [0.4, 0.5) is 4.79 Å². The number of piperidine rings is 1. The number of hydrogen-bond donors (Lipinski definition) is 0. The van der Waals surface area contributed by atoms with Crippen LogP contribution in [0.15, 0.2) is 30.3 Å². The van der Waals surface area contributed by atoms with Crippen LogP contribution in [0.2, 0.25) is 0 Å². The highest BCUT2D eigenvalue weighted by atomic mass is 16.5. The van der Waals surface area contributed by atoms with E-state index in [1.807, 2.05) is 45.0 Å². The lowest BCUT2D eigenvalue weighted by molar-refractivity contribution is -0.171. The van der Waals surface area contributed by atoms with Crippen molar-refractivity contribution in [1.29, 1.82) is 0 Å². The SMILES string of the molecule is O=C1COC2(CCN(C(=O)N3CCCC3)CC2)CN1Cc1ccccc1. The molecule has 26 heavy (non-hydrogen) atoms. The predicted octanol–water partition coefficient (Wildman–Crippen LogP) is 2.10. The summed E-state index contributed by atoms with van der Waals surface area (Å²) < 4.78 is 6.00. The second-order valence-electron chi connectivity index (χ2n) is 7.67. The van der Waals surface area contributed by atoms with Crippen molar-refractivity contribution < 1.29 is 14.3 Å². The molecule has 0 bridgehead atoms. The quantitative estimate of drug-likeness (QED) is 0.814. The van der Waals surface area contributed by atoms with Crippen molar-refractivity contribution in [3.05, 3.63) is 35.9 Å². The topological polar surface area (TPSA) is 53.1 Å². The number of morpholine rings is 1. The van der Waals surface area contributed by atoms with Gasteiger partial charge in [-0.25, -0.2) is 4.79 Å². The van der Waals surface area contributed by atoms with Crippen molar-refractivity contribution in [3.8, 4) is 0 Å². The van der Waals surface area contributed by atoms with Crippen LogP contribution < -0.4 is 0 Å². The summed E-state index contributed by atoms with van der Waals surface area (Å²) in [6.07, 6.45) is 3.82. The highest BCUT2D eigenvalue weighted by Gasteiger charge is 2.43. The molecule has 0 saturated carbocycles. The van der Waals surface area contributed by atoms with Crippen LogP contribution in [-0.4, -0.2) is 71.6 Å². The van der Waals surface area contributed by atoms with Gasteiger partial charge in [-0.15, -0.1) is 0 Å². The van der Waals surface area contributed by atoms with E-state index in [-0.39, 0.29) is 24.1 Å². The number of urea groups is 1. The number of nitrogens with zero attached hydrogens (tertiary/aromatic N) is 3. The fourth-order valence-corrected chi connectivity index (χ4v) is 4.25. The molecule has 140 valence electrons. The summed E-state index contributed by atoms with van der Waals surface area (Å²) >= 11 is 0. The normalized spacial score (nSPS) is 22.9. The summed E-state index contributed by atoms with van der Waals surface area (Å²) in [7, 11) is 0. The van der Waals surface area contributed by atoms with Gasteiger partial charge < -0.3 is 19.4 Å². The minimum Gasteiger partial charge on any atom is -0.363 e. The van der Waals surface area contributed by atoms with E-state index in [4.69, 9.17) is 4.74 Å². The monoisotopic (exact) mass is 357 g/mol. The van der Waals surface area contributed by atoms with E-state index in [0.717, 1.165) is 44.3 Å². The van der Waals surface area contributed by atoms with E-state index >= 15 is 0 Å². The third-order valence-corrected chi connectivity index (χ3v) is 5.87. The fraction of sp³-hybridized carbons (Fsp3) is 0.600. The first kappa shape index (κ1) is 17.3. The Morgan fingerprint density at radius 1 is 1.00 bits per heavy atom. The van der Waals surface area contributed by atoms with Gasteiger partial charge in [-0.1, -0.05) is 30.3 Å². The highest BCUT2D eigenvalue weighted by molar-refractivity contribution is 5.78. The maximum absolute atomic E-state index is 12.6. The molecule has 1 spiro atoms. The van der Waals surface area contributed by atoms with E-state index in [2.05, 4.69) is 0 Å². The van der Waals surface area contributed by atoms with E-state index in [0.29, 0.717) is 26.2 Å². The molecule has 4 rings (SSSR count). The average Bonchev–Trinajstić information content (AvgIpc) is 3.21. The van der Waals surface area contributed by atoms with Gasteiger partial charge in [-0.2, -0.15) is 0 Å². The Bertz CT molecular complexity index is 650. The van der Waals surface area contributed by atoms with Crippen LogP contribution in [0, 0.1) is 0 Å². The molecule has 1 aromatic carbocycles. The molecule has 0 N–H and O–H groups in total. The van der Waals surface area contributed by atoms with Gasteiger partial charge in [0.25, 0.3) is 0 Å². The smallest absolute Gasteiger partial charge is 0.320 e. The molecule has 0 aromatic heterocycles. The van der Waals surface area contributed by atoms with Crippen molar-refractivity contribution >= 4 is 11.9 Å². The fourth-order valence-electron chi connectivity index (χ4n) is 4.25. The maximum Gasteiger partial charge on any atom is 0.320 e. The molecule has 3 heterocycles. The number of carbonyl (C=O) groups is 2. The molecule has 3 amide bonds. The molecule has 0 radical (unpaired) electrons. The van der Waals surface area contributed by atoms with Crippen LogP contribution >= 0.6 is 0 Å². The minimum atomic E-state index is -0.301. The molecule has 6 heteroatoms. The summed E-state index contributed by atoms with van der Waals surface area (Å²) in [5.74, 6) is 0.0510. The Labute approximate surface area is 154 Å². The van der Waals surface area contributed by atoms with Crippen LogP contribution in [-0.2, 0) is 16.1 Å². The van der Waals surface area contributed by atoms with Gasteiger partial charge >= 0.3 is 6.03 Å². The molecule has 3 aliphatic heterocycles. The average molecular weight is 357 g/mol. The van der Waals surface area contributed by atoms with E-state index < -0.39 is 0 Å². The third-order valence-electron chi connectivity index (χ3n) is 5.87. The Balaban J connectivity index is 1.37. The van der Waals surface area contributed by atoms with Crippen LogP contribution in [0.1, 0.15) is 31.2 Å². The van der Waals surface area contributed by atoms with Crippen molar-refractivity contribution in [2.45, 2.75) is 37.8 Å². The lowest BCUT2D eigenvalue weighted by atomic mass is 9.89. The van der Waals surface area contributed by atoms with Gasteiger partial charge in [0, 0.05) is 32.7 Å². The van der Waals surface area contributed by atoms with Crippen molar-refractivity contribution in [3.63, 3.8) is 0 Å². The second kappa shape index (κ2) is 7.27. The van der Waals surface area contributed by atoms with Gasteiger partial charge in [0.15, 0.2) is 0 Å². The number of carbonyl (C=O) groups excluding carboxylic acids is 2. The van der Waals surface area contributed by atoms with Crippen LogP contribution in [0.3, 0.4) is 0 Å². The predicted molar refractivity (Wildman–Crippen MR) is 97.6 cm³/mol. The molecule has 3 saturated heterocycles. The first-order chi connectivity index (χ1) is 12.7. The molecular weight excluding hydrogens is 330 g/mol. The highest BCUT2D eigenvalue weighted by Crippen LogP contribution is 2.31. The molecule has 3 fully saturated rings. The zero-order valence-corrected chi connectivity index (χ0v) is 15.2. The first-order valence-corrected chi connectivity index (χ1v) is 9.65. The lowest BCUT2D eigenvalue weighted by Gasteiger charge is -2.47. The summed E-state index contributed by atoms with van der Waals surface area (Å²) in [4.78, 5) is 30.7. The number of ether oxygens (including phenoxy) is 1. The van der Waals surface area contributed by atoms with Crippen molar-refractivity contribution in [2.24, 2.45) is 0 Å².